The molecule has 0 atom stereocenters. The van der Waals surface area contributed by atoms with Crippen LogP contribution in [-0.2, 0) is 9.59 Å². The minimum atomic E-state index is -0.360. The number of anilines is 2. The molecule has 7 nitrogen and oxygen atoms in total. The second-order valence-electron chi connectivity index (χ2n) is 7.33. The first-order valence-corrected chi connectivity index (χ1v) is 10.1. The standard InChI is InChI=1S/C23H26N4O3/c1-4-13-24-22(29)17-7-9-18(10-8-17)25-23(30)19-11-12-21(28)27(26-19)20-14-15(2)5-6-16(20)3/h5-10,14H,4,11-13H2,1-3H3,(H,24,29)(H,25,30). The maximum absolute atomic E-state index is 12.7. The van der Waals surface area contributed by atoms with Crippen molar-refractivity contribution in [2.24, 2.45) is 5.10 Å². The molecule has 1 aliphatic rings. The lowest BCUT2D eigenvalue weighted by atomic mass is 10.1. The molecular weight excluding hydrogens is 380 g/mol. The molecule has 0 spiro atoms. The van der Waals surface area contributed by atoms with Crippen LogP contribution in [0.25, 0.3) is 0 Å². The van der Waals surface area contributed by atoms with E-state index in [2.05, 4.69) is 15.7 Å². The van der Waals surface area contributed by atoms with Crippen LogP contribution in [-0.4, -0.2) is 30.0 Å². The highest BCUT2D eigenvalue weighted by molar-refractivity contribution is 6.44. The second-order valence-corrected chi connectivity index (χ2v) is 7.33. The van der Waals surface area contributed by atoms with E-state index in [0.29, 0.717) is 29.2 Å². The number of aryl methyl sites for hydroxylation is 2. The number of carbonyl (C=O) groups is 3. The molecule has 3 amide bonds. The zero-order valence-electron chi connectivity index (χ0n) is 17.5. The average Bonchev–Trinajstić information content (AvgIpc) is 2.74. The Balaban J connectivity index is 1.74. The number of carbonyl (C=O) groups excluding carboxylic acids is 3. The van der Waals surface area contributed by atoms with Crippen molar-refractivity contribution in [3.8, 4) is 0 Å². The first kappa shape index (κ1) is 21.2. The number of benzene rings is 2. The van der Waals surface area contributed by atoms with Gasteiger partial charge in [0.2, 0.25) is 5.91 Å². The first-order valence-electron chi connectivity index (χ1n) is 10.1. The monoisotopic (exact) mass is 406 g/mol. The van der Waals surface area contributed by atoms with Crippen molar-refractivity contribution in [2.45, 2.75) is 40.0 Å². The summed E-state index contributed by atoms with van der Waals surface area (Å²) in [5.74, 6) is -0.641. The first-order chi connectivity index (χ1) is 14.4. The third-order valence-corrected chi connectivity index (χ3v) is 4.83. The predicted octanol–water partition coefficient (Wildman–Crippen LogP) is 3.56. The van der Waals surface area contributed by atoms with Crippen LogP contribution < -0.4 is 15.6 Å². The molecule has 30 heavy (non-hydrogen) atoms. The van der Waals surface area contributed by atoms with E-state index in [0.717, 1.165) is 17.5 Å². The van der Waals surface area contributed by atoms with Crippen LogP contribution in [0, 0.1) is 13.8 Å². The Hall–Kier alpha value is -3.48. The van der Waals surface area contributed by atoms with E-state index < -0.39 is 0 Å². The van der Waals surface area contributed by atoms with Crippen LogP contribution in [0.1, 0.15) is 47.7 Å². The third kappa shape index (κ3) is 4.92. The molecule has 0 fully saturated rings. The van der Waals surface area contributed by atoms with Gasteiger partial charge < -0.3 is 10.6 Å². The van der Waals surface area contributed by atoms with Crippen LogP contribution in [0.15, 0.2) is 47.6 Å². The molecule has 0 saturated carbocycles. The third-order valence-electron chi connectivity index (χ3n) is 4.83. The van der Waals surface area contributed by atoms with Crippen LogP contribution >= 0.6 is 0 Å². The van der Waals surface area contributed by atoms with Crippen molar-refractivity contribution in [1.82, 2.24) is 5.32 Å². The summed E-state index contributed by atoms with van der Waals surface area (Å²) in [5, 5.41) is 11.3. The van der Waals surface area contributed by atoms with Crippen LogP contribution in [0.2, 0.25) is 0 Å². The molecule has 3 rings (SSSR count). The van der Waals surface area contributed by atoms with Crippen molar-refractivity contribution in [3.63, 3.8) is 0 Å². The molecular formula is C23H26N4O3. The maximum atomic E-state index is 12.7. The van der Waals surface area contributed by atoms with Crippen molar-refractivity contribution < 1.29 is 14.4 Å². The van der Waals surface area contributed by atoms with E-state index in [1.54, 1.807) is 24.3 Å². The Morgan fingerprint density at radius 1 is 1.03 bits per heavy atom. The molecule has 2 N–H and O–H groups in total. The summed E-state index contributed by atoms with van der Waals surface area (Å²) in [6.07, 6.45) is 1.36. The zero-order chi connectivity index (χ0) is 21.7. The molecule has 0 aromatic heterocycles. The Kier molecular flexibility index (Phi) is 6.61. The lowest BCUT2D eigenvalue weighted by Crippen LogP contribution is -2.36. The van der Waals surface area contributed by atoms with E-state index in [9.17, 15) is 14.4 Å². The SMILES string of the molecule is CCCNC(=O)c1ccc(NC(=O)C2=NN(c3cc(C)ccc3C)C(=O)CC2)cc1. The van der Waals surface area contributed by atoms with Gasteiger partial charge in [-0.05, 0) is 61.7 Å². The number of hydrogen-bond donors (Lipinski definition) is 2. The maximum Gasteiger partial charge on any atom is 0.271 e. The van der Waals surface area contributed by atoms with Crippen molar-refractivity contribution in [2.75, 3.05) is 16.9 Å². The quantitative estimate of drug-likeness (QED) is 0.768. The number of nitrogens with one attached hydrogen (secondary N) is 2. The van der Waals surface area contributed by atoms with Gasteiger partial charge in [-0.1, -0.05) is 19.1 Å². The Bertz CT molecular complexity index is 996. The molecule has 0 radical (unpaired) electrons. The summed E-state index contributed by atoms with van der Waals surface area (Å²) in [6.45, 7) is 6.46. The predicted molar refractivity (Wildman–Crippen MR) is 118 cm³/mol. The van der Waals surface area contributed by atoms with E-state index >= 15 is 0 Å². The van der Waals surface area contributed by atoms with Gasteiger partial charge in [0.25, 0.3) is 11.8 Å². The molecule has 2 aromatic rings. The summed E-state index contributed by atoms with van der Waals surface area (Å²) in [5.41, 5.74) is 4.00. The fourth-order valence-electron chi connectivity index (χ4n) is 3.10. The van der Waals surface area contributed by atoms with Gasteiger partial charge in [-0.3, -0.25) is 14.4 Å². The largest absolute Gasteiger partial charge is 0.352 e. The molecule has 0 aliphatic carbocycles. The van der Waals surface area contributed by atoms with Gasteiger partial charge in [0.15, 0.2) is 0 Å². The minimum Gasteiger partial charge on any atom is -0.352 e. The number of hydrazone groups is 1. The van der Waals surface area contributed by atoms with E-state index in [1.807, 2.05) is 39.0 Å². The Morgan fingerprint density at radius 3 is 2.47 bits per heavy atom. The topological polar surface area (TPSA) is 90.9 Å². The summed E-state index contributed by atoms with van der Waals surface area (Å²) >= 11 is 0. The number of rotatable bonds is 6. The summed E-state index contributed by atoms with van der Waals surface area (Å²) in [4.78, 5) is 37.1. The van der Waals surface area contributed by atoms with Crippen LogP contribution in [0.4, 0.5) is 11.4 Å². The summed E-state index contributed by atoms with van der Waals surface area (Å²) < 4.78 is 0. The fraction of sp³-hybridized carbons (Fsp3) is 0.304. The highest BCUT2D eigenvalue weighted by Crippen LogP contribution is 2.25. The smallest absolute Gasteiger partial charge is 0.271 e. The molecule has 1 heterocycles. The molecule has 7 heteroatoms. The van der Waals surface area contributed by atoms with Gasteiger partial charge in [0.05, 0.1) is 5.69 Å². The van der Waals surface area contributed by atoms with Crippen molar-refractivity contribution in [3.05, 3.63) is 59.2 Å². The average molecular weight is 406 g/mol. The lowest BCUT2D eigenvalue weighted by molar-refractivity contribution is -0.118. The Labute approximate surface area is 176 Å². The number of amides is 3. The van der Waals surface area contributed by atoms with Gasteiger partial charge in [-0.15, -0.1) is 0 Å². The van der Waals surface area contributed by atoms with E-state index in [1.165, 1.54) is 5.01 Å². The summed E-state index contributed by atoms with van der Waals surface area (Å²) in [6, 6.07) is 12.5. The fourth-order valence-corrected chi connectivity index (χ4v) is 3.10. The highest BCUT2D eigenvalue weighted by Gasteiger charge is 2.26. The normalized spacial score (nSPS) is 13.6. The summed E-state index contributed by atoms with van der Waals surface area (Å²) in [7, 11) is 0. The van der Waals surface area contributed by atoms with Gasteiger partial charge in [0.1, 0.15) is 5.71 Å². The van der Waals surface area contributed by atoms with Crippen LogP contribution in [0.5, 0.6) is 0 Å². The Morgan fingerprint density at radius 2 is 1.77 bits per heavy atom. The molecule has 156 valence electrons. The van der Waals surface area contributed by atoms with E-state index in [-0.39, 0.29) is 30.6 Å². The van der Waals surface area contributed by atoms with Gasteiger partial charge >= 0.3 is 0 Å². The molecule has 0 bridgehead atoms. The number of hydrogen-bond acceptors (Lipinski definition) is 4. The minimum absolute atomic E-state index is 0.136. The zero-order valence-corrected chi connectivity index (χ0v) is 17.5. The highest BCUT2D eigenvalue weighted by atomic mass is 16.2. The van der Waals surface area contributed by atoms with Crippen LogP contribution in [0.3, 0.4) is 0 Å². The van der Waals surface area contributed by atoms with Gasteiger partial charge in [-0.25, -0.2) is 5.01 Å². The molecule has 0 unspecified atom stereocenters. The lowest BCUT2D eigenvalue weighted by Gasteiger charge is -2.24. The number of nitrogens with zero attached hydrogens (tertiary/aromatic N) is 2. The molecule has 0 saturated heterocycles. The van der Waals surface area contributed by atoms with Crippen molar-refractivity contribution in [1.29, 1.82) is 0 Å². The second kappa shape index (κ2) is 9.35. The van der Waals surface area contributed by atoms with Gasteiger partial charge in [-0.2, -0.15) is 5.10 Å². The van der Waals surface area contributed by atoms with Gasteiger partial charge in [0, 0.05) is 30.6 Å². The van der Waals surface area contributed by atoms with Crippen molar-refractivity contribution >= 4 is 34.8 Å². The molecule has 2 aromatic carbocycles. The van der Waals surface area contributed by atoms with E-state index in [4.69, 9.17) is 0 Å². The molecule has 1 aliphatic heterocycles.